The fourth-order valence-electron chi connectivity index (χ4n) is 1.48. The molecule has 0 aliphatic carbocycles. The maximum atomic E-state index is 10.9. The van der Waals surface area contributed by atoms with Crippen LogP contribution in [0.5, 0.6) is 5.75 Å². The van der Waals surface area contributed by atoms with Gasteiger partial charge in [-0.3, -0.25) is 4.79 Å². The second-order valence-corrected chi connectivity index (χ2v) is 4.60. The molecule has 1 aromatic carbocycles. The van der Waals surface area contributed by atoms with Crippen LogP contribution in [0.2, 0.25) is 0 Å². The molecule has 0 saturated carbocycles. The van der Waals surface area contributed by atoms with Crippen molar-refractivity contribution in [3.63, 3.8) is 0 Å². The van der Waals surface area contributed by atoms with E-state index in [1.807, 2.05) is 36.2 Å². The second-order valence-electron chi connectivity index (χ2n) is 4.60. The molecule has 18 heavy (non-hydrogen) atoms. The molecule has 1 atom stereocenters. The lowest BCUT2D eigenvalue weighted by Crippen LogP contribution is -2.47. The second kappa shape index (κ2) is 5.73. The van der Waals surface area contributed by atoms with E-state index in [0.717, 1.165) is 11.4 Å². The Kier molecular flexibility index (Phi) is 4.55. The molecule has 0 heterocycles. The minimum absolute atomic E-state index is 0.371. The first-order valence-electron chi connectivity index (χ1n) is 5.74. The van der Waals surface area contributed by atoms with Crippen molar-refractivity contribution in [1.29, 1.82) is 0 Å². The number of rotatable bonds is 6. The third-order valence-electron chi connectivity index (χ3n) is 2.95. The summed E-state index contributed by atoms with van der Waals surface area (Å²) in [5.41, 5.74) is 5.46. The van der Waals surface area contributed by atoms with Gasteiger partial charge in [0.15, 0.2) is 0 Å². The fourth-order valence-corrected chi connectivity index (χ4v) is 1.48. The van der Waals surface area contributed by atoms with Crippen LogP contribution in [0.4, 0.5) is 5.69 Å². The molecule has 5 heteroatoms. The van der Waals surface area contributed by atoms with Gasteiger partial charge in [-0.05, 0) is 25.5 Å². The van der Waals surface area contributed by atoms with Crippen molar-refractivity contribution < 1.29 is 14.6 Å². The topological polar surface area (TPSA) is 75.8 Å². The Hall–Kier alpha value is -1.75. The number of hydrogen-bond acceptors (Lipinski definition) is 4. The van der Waals surface area contributed by atoms with Crippen LogP contribution in [0, 0.1) is 0 Å². The summed E-state index contributed by atoms with van der Waals surface area (Å²) in [6.07, 6.45) is 0.371. The fraction of sp³-hybridized carbons (Fsp3) is 0.462. The number of aliphatic carboxylic acids is 1. The average Bonchev–Trinajstić information content (AvgIpc) is 2.36. The van der Waals surface area contributed by atoms with E-state index >= 15 is 0 Å². The van der Waals surface area contributed by atoms with E-state index in [9.17, 15) is 4.79 Å². The maximum Gasteiger partial charge on any atom is 0.323 e. The number of ether oxygens (including phenoxy) is 1. The molecule has 5 nitrogen and oxygen atoms in total. The predicted octanol–water partition coefficient (Wildman–Crippen LogP) is 1.32. The van der Waals surface area contributed by atoms with Crippen LogP contribution in [0.3, 0.4) is 0 Å². The number of carboxylic acid groups (broad SMARTS) is 1. The molecular formula is C13H20N2O3. The first-order valence-corrected chi connectivity index (χ1v) is 5.74. The van der Waals surface area contributed by atoms with Gasteiger partial charge >= 0.3 is 5.97 Å². The maximum absolute atomic E-state index is 10.9. The van der Waals surface area contributed by atoms with Crippen LogP contribution in [-0.4, -0.2) is 37.3 Å². The van der Waals surface area contributed by atoms with Gasteiger partial charge in [-0.15, -0.1) is 0 Å². The molecule has 1 aromatic rings. The summed E-state index contributed by atoms with van der Waals surface area (Å²) in [6.45, 7) is 2.08. The van der Waals surface area contributed by atoms with E-state index in [1.165, 1.54) is 6.92 Å². The lowest BCUT2D eigenvalue weighted by Gasteiger charge is -2.25. The van der Waals surface area contributed by atoms with Crippen molar-refractivity contribution in [2.24, 2.45) is 5.73 Å². The third kappa shape index (κ3) is 3.63. The highest BCUT2D eigenvalue weighted by molar-refractivity contribution is 5.77. The zero-order valence-electron chi connectivity index (χ0n) is 11.0. The highest BCUT2D eigenvalue weighted by atomic mass is 16.5. The Morgan fingerprint density at radius 2 is 2.22 bits per heavy atom. The summed E-state index contributed by atoms with van der Waals surface area (Å²) in [6, 6.07) is 7.59. The van der Waals surface area contributed by atoms with Crippen molar-refractivity contribution in [1.82, 2.24) is 0 Å². The van der Waals surface area contributed by atoms with E-state index in [-0.39, 0.29) is 0 Å². The van der Waals surface area contributed by atoms with Crippen molar-refractivity contribution in [3.8, 4) is 5.75 Å². The van der Waals surface area contributed by atoms with E-state index in [0.29, 0.717) is 13.0 Å². The van der Waals surface area contributed by atoms with Crippen LogP contribution in [-0.2, 0) is 4.79 Å². The normalized spacial score (nSPS) is 13.8. The largest absolute Gasteiger partial charge is 0.497 e. The molecule has 0 aromatic heterocycles. The molecule has 100 valence electrons. The molecule has 0 fully saturated rings. The van der Waals surface area contributed by atoms with E-state index in [1.54, 1.807) is 7.11 Å². The summed E-state index contributed by atoms with van der Waals surface area (Å²) in [7, 11) is 3.51. The molecule has 0 aliphatic rings. The van der Waals surface area contributed by atoms with Crippen molar-refractivity contribution in [2.45, 2.75) is 18.9 Å². The first kappa shape index (κ1) is 14.3. The van der Waals surface area contributed by atoms with E-state index < -0.39 is 11.5 Å². The third-order valence-corrected chi connectivity index (χ3v) is 2.95. The summed E-state index contributed by atoms with van der Waals surface area (Å²) in [4.78, 5) is 12.9. The number of nitrogens with two attached hydrogens (primary N) is 1. The zero-order valence-corrected chi connectivity index (χ0v) is 11.0. The molecule has 0 amide bonds. The summed E-state index contributed by atoms with van der Waals surface area (Å²) >= 11 is 0. The smallest absolute Gasteiger partial charge is 0.323 e. The lowest BCUT2D eigenvalue weighted by molar-refractivity contribution is -0.142. The quantitative estimate of drug-likeness (QED) is 0.798. The van der Waals surface area contributed by atoms with Gasteiger partial charge in [-0.25, -0.2) is 0 Å². The molecular weight excluding hydrogens is 232 g/mol. The van der Waals surface area contributed by atoms with Gasteiger partial charge in [0, 0.05) is 25.3 Å². The molecule has 1 unspecified atom stereocenters. The van der Waals surface area contributed by atoms with Gasteiger partial charge in [0.05, 0.1) is 7.11 Å². The van der Waals surface area contributed by atoms with Gasteiger partial charge in [0.1, 0.15) is 11.3 Å². The SMILES string of the molecule is COc1cccc(N(C)CCC(C)(N)C(=O)O)c1. The van der Waals surface area contributed by atoms with Crippen LogP contribution >= 0.6 is 0 Å². The predicted molar refractivity (Wildman–Crippen MR) is 71.1 cm³/mol. The highest BCUT2D eigenvalue weighted by Gasteiger charge is 2.27. The monoisotopic (exact) mass is 252 g/mol. The zero-order chi connectivity index (χ0) is 13.8. The standard InChI is InChI=1S/C13H20N2O3/c1-13(14,12(16)17)7-8-15(2)10-5-4-6-11(9-10)18-3/h4-6,9H,7-8,14H2,1-3H3,(H,16,17). The lowest BCUT2D eigenvalue weighted by atomic mass is 9.99. The van der Waals surface area contributed by atoms with Crippen LogP contribution < -0.4 is 15.4 Å². The summed E-state index contributed by atoms with van der Waals surface area (Å²) < 4.78 is 5.14. The minimum atomic E-state index is -1.20. The van der Waals surface area contributed by atoms with Crippen LogP contribution in [0.1, 0.15) is 13.3 Å². The molecule has 1 rings (SSSR count). The van der Waals surface area contributed by atoms with Crippen molar-refractivity contribution in [2.75, 3.05) is 25.6 Å². The van der Waals surface area contributed by atoms with Gasteiger partial charge in [-0.1, -0.05) is 6.07 Å². The Morgan fingerprint density at radius 1 is 1.56 bits per heavy atom. The van der Waals surface area contributed by atoms with Crippen molar-refractivity contribution >= 4 is 11.7 Å². The Bertz CT molecular complexity index is 418. The van der Waals surface area contributed by atoms with Gasteiger partial charge in [0.2, 0.25) is 0 Å². The molecule has 0 bridgehead atoms. The first-order chi connectivity index (χ1) is 8.36. The Labute approximate surface area is 107 Å². The summed E-state index contributed by atoms with van der Waals surface area (Å²) in [5.74, 6) is -0.213. The highest BCUT2D eigenvalue weighted by Crippen LogP contribution is 2.20. The average molecular weight is 252 g/mol. The number of carbonyl (C=O) groups is 1. The molecule has 3 N–H and O–H groups in total. The Balaban J connectivity index is 2.65. The number of methoxy groups -OCH3 is 1. The number of benzene rings is 1. The van der Waals surface area contributed by atoms with Gasteiger partial charge < -0.3 is 20.5 Å². The van der Waals surface area contributed by atoms with Gasteiger partial charge in [-0.2, -0.15) is 0 Å². The minimum Gasteiger partial charge on any atom is -0.497 e. The van der Waals surface area contributed by atoms with E-state index in [2.05, 4.69) is 0 Å². The van der Waals surface area contributed by atoms with Crippen LogP contribution in [0.15, 0.2) is 24.3 Å². The number of hydrogen-bond donors (Lipinski definition) is 2. The van der Waals surface area contributed by atoms with Crippen LogP contribution in [0.25, 0.3) is 0 Å². The number of anilines is 1. The molecule has 0 saturated heterocycles. The molecule has 0 radical (unpaired) electrons. The van der Waals surface area contributed by atoms with E-state index in [4.69, 9.17) is 15.6 Å². The number of carboxylic acids is 1. The molecule has 0 spiro atoms. The summed E-state index contributed by atoms with van der Waals surface area (Å²) in [5, 5.41) is 8.94. The number of nitrogens with zero attached hydrogens (tertiary/aromatic N) is 1. The van der Waals surface area contributed by atoms with Crippen molar-refractivity contribution in [3.05, 3.63) is 24.3 Å². The Morgan fingerprint density at radius 3 is 2.78 bits per heavy atom. The molecule has 0 aliphatic heterocycles. The van der Waals surface area contributed by atoms with Gasteiger partial charge in [0.25, 0.3) is 0 Å².